The van der Waals surface area contributed by atoms with Gasteiger partial charge in [-0.3, -0.25) is 24.8 Å². The molecule has 4 rings (SSSR count). The Morgan fingerprint density at radius 1 is 1.19 bits per heavy atom. The largest absolute Gasteiger partial charge is 0.467 e. The van der Waals surface area contributed by atoms with E-state index in [1.807, 2.05) is 6.07 Å². The van der Waals surface area contributed by atoms with Gasteiger partial charge >= 0.3 is 6.03 Å². The van der Waals surface area contributed by atoms with Crippen molar-refractivity contribution in [2.75, 3.05) is 6.79 Å². The molecule has 1 aromatic heterocycles. The number of hydrogen-bond acceptors (Lipinski definition) is 7. The van der Waals surface area contributed by atoms with E-state index in [1.165, 1.54) is 12.5 Å². The van der Waals surface area contributed by atoms with Gasteiger partial charge in [-0.2, -0.15) is 0 Å². The summed E-state index contributed by atoms with van der Waals surface area (Å²) in [7, 11) is 0. The number of furan rings is 1. The summed E-state index contributed by atoms with van der Waals surface area (Å²) >= 11 is 0. The van der Waals surface area contributed by atoms with Crippen molar-refractivity contribution in [1.82, 2.24) is 10.2 Å². The predicted octanol–water partition coefficient (Wildman–Crippen LogP) is 1.47. The maximum atomic E-state index is 12.5. The van der Waals surface area contributed by atoms with E-state index in [1.54, 1.807) is 24.3 Å². The standard InChI is InChI=1S/C18H15N3O6/c22-16-13(8-19-7-11-3-4-14-15(6-11)27-10-26-14)17(23)21(18(24)20-16)9-12-2-1-5-25-12/h1-6,8,13H,7,9-10H2,(H,20,22,24)/t13-/m1/s1. The molecular weight excluding hydrogens is 354 g/mol. The summed E-state index contributed by atoms with van der Waals surface area (Å²) < 4.78 is 15.7. The lowest BCUT2D eigenvalue weighted by Gasteiger charge is -2.27. The number of carbonyl (C=O) groups is 3. The van der Waals surface area contributed by atoms with Gasteiger partial charge in [0.15, 0.2) is 17.4 Å². The third-order valence-electron chi connectivity index (χ3n) is 4.15. The average Bonchev–Trinajstić information content (AvgIpc) is 3.32. The highest BCUT2D eigenvalue weighted by molar-refractivity contribution is 6.23. The van der Waals surface area contributed by atoms with Gasteiger partial charge < -0.3 is 13.9 Å². The molecule has 27 heavy (non-hydrogen) atoms. The van der Waals surface area contributed by atoms with Crippen molar-refractivity contribution in [2.24, 2.45) is 10.9 Å². The first-order valence-electron chi connectivity index (χ1n) is 8.19. The van der Waals surface area contributed by atoms with Crippen LogP contribution in [0, 0.1) is 5.92 Å². The number of ether oxygens (including phenoxy) is 2. The number of rotatable bonds is 5. The fourth-order valence-electron chi connectivity index (χ4n) is 2.77. The second-order valence-electron chi connectivity index (χ2n) is 5.95. The summed E-state index contributed by atoms with van der Waals surface area (Å²) in [5, 5.41) is 2.16. The first-order chi connectivity index (χ1) is 13.1. The van der Waals surface area contributed by atoms with E-state index in [4.69, 9.17) is 13.9 Å². The van der Waals surface area contributed by atoms with Crippen molar-refractivity contribution in [3.8, 4) is 11.5 Å². The number of imide groups is 2. The molecule has 0 saturated carbocycles. The van der Waals surface area contributed by atoms with Crippen molar-refractivity contribution in [3.63, 3.8) is 0 Å². The Balaban J connectivity index is 1.45. The number of urea groups is 1. The highest BCUT2D eigenvalue weighted by Crippen LogP contribution is 2.32. The number of barbiturate groups is 1. The minimum absolute atomic E-state index is 0.0581. The molecule has 0 bridgehead atoms. The maximum absolute atomic E-state index is 12.5. The third kappa shape index (κ3) is 3.39. The number of nitrogens with one attached hydrogen (secondary N) is 1. The van der Waals surface area contributed by atoms with Crippen LogP contribution >= 0.6 is 0 Å². The van der Waals surface area contributed by atoms with E-state index in [-0.39, 0.29) is 19.9 Å². The molecule has 2 aliphatic rings. The number of benzene rings is 1. The van der Waals surface area contributed by atoms with E-state index in [9.17, 15) is 14.4 Å². The molecule has 4 amide bonds. The second-order valence-corrected chi connectivity index (χ2v) is 5.95. The predicted molar refractivity (Wildman–Crippen MR) is 91.0 cm³/mol. The van der Waals surface area contributed by atoms with Crippen LogP contribution in [-0.2, 0) is 22.7 Å². The van der Waals surface area contributed by atoms with Gasteiger partial charge in [0.05, 0.1) is 19.4 Å². The normalized spacial score (nSPS) is 19.0. The molecule has 1 aromatic carbocycles. The van der Waals surface area contributed by atoms with Crippen LogP contribution in [0.25, 0.3) is 0 Å². The minimum atomic E-state index is -1.17. The van der Waals surface area contributed by atoms with Crippen LogP contribution in [0.5, 0.6) is 11.5 Å². The fraction of sp³-hybridized carbons (Fsp3) is 0.222. The number of nitrogens with zero attached hydrogens (tertiary/aromatic N) is 2. The summed E-state index contributed by atoms with van der Waals surface area (Å²) in [6, 6.07) is 7.89. The molecule has 0 aliphatic carbocycles. The lowest BCUT2D eigenvalue weighted by Crippen LogP contribution is -2.57. The van der Waals surface area contributed by atoms with Crippen LogP contribution < -0.4 is 14.8 Å². The summed E-state index contributed by atoms with van der Waals surface area (Å²) in [5.41, 5.74) is 0.836. The highest BCUT2D eigenvalue weighted by atomic mass is 16.7. The van der Waals surface area contributed by atoms with E-state index in [0.29, 0.717) is 17.3 Å². The first-order valence-corrected chi connectivity index (χ1v) is 8.19. The molecule has 1 saturated heterocycles. The Hall–Kier alpha value is -3.62. The molecule has 0 unspecified atom stereocenters. The Morgan fingerprint density at radius 2 is 2.04 bits per heavy atom. The van der Waals surface area contributed by atoms with Gasteiger partial charge in [-0.15, -0.1) is 0 Å². The maximum Gasteiger partial charge on any atom is 0.331 e. The summed E-state index contributed by atoms with van der Waals surface area (Å²) in [4.78, 5) is 41.6. The van der Waals surface area contributed by atoms with Crippen LogP contribution in [0.2, 0.25) is 0 Å². The van der Waals surface area contributed by atoms with Crippen molar-refractivity contribution in [2.45, 2.75) is 13.1 Å². The van der Waals surface area contributed by atoms with Crippen LogP contribution in [0.4, 0.5) is 4.79 Å². The van der Waals surface area contributed by atoms with Crippen molar-refractivity contribution in [1.29, 1.82) is 0 Å². The molecule has 0 radical (unpaired) electrons. The SMILES string of the molecule is O=C1NC(=O)N(Cc2ccco2)C(=O)[C@@H]1C=NCc1ccc2c(c1)OCO2. The Labute approximate surface area is 153 Å². The fourth-order valence-corrected chi connectivity index (χ4v) is 2.77. The average molecular weight is 369 g/mol. The molecule has 3 heterocycles. The van der Waals surface area contributed by atoms with Crippen LogP contribution in [0.15, 0.2) is 46.0 Å². The van der Waals surface area contributed by atoms with E-state index in [2.05, 4.69) is 10.3 Å². The zero-order valence-corrected chi connectivity index (χ0v) is 14.1. The summed E-state index contributed by atoms with van der Waals surface area (Å²) in [6.07, 6.45) is 2.70. The van der Waals surface area contributed by atoms with Gasteiger partial charge in [-0.1, -0.05) is 6.07 Å². The Kier molecular flexibility index (Phi) is 4.33. The minimum Gasteiger partial charge on any atom is -0.467 e. The van der Waals surface area contributed by atoms with Gasteiger partial charge in [0.25, 0.3) is 0 Å². The van der Waals surface area contributed by atoms with Crippen LogP contribution in [0.1, 0.15) is 11.3 Å². The van der Waals surface area contributed by atoms with Gasteiger partial charge in [0.2, 0.25) is 18.6 Å². The monoisotopic (exact) mass is 369 g/mol. The van der Waals surface area contributed by atoms with Crippen LogP contribution in [0.3, 0.4) is 0 Å². The third-order valence-corrected chi connectivity index (χ3v) is 4.15. The van der Waals surface area contributed by atoms with E-state index in [0.717, 1.165) is 10.5 Å². The molecule has 9 nitrogen and oxygen atoms in total. The van der Waals surface area contributed by atoms with Gasteiger partial charge in [-0.25, -0.2) is 4.79 Å². The van der Waals surface area contributed by atoms with Crippen LogP contribution in [-0.4, -0.2) is 35.8 Å². The summed E-state index contributed by atoms with van der Waals surface area (Å²) in [5.74, 6) is -0.790. The highest BCUT2D eigenvalue weighted by Gasteiger charge is 2.39. The number of aliphatic imine (C=N–C) groups is 1. The molecule has 0 spiro atoms. The first kappa shape index (κ1) is 16.8. The molecule has 9 heteroatoms. The van der Waals surface area contributed by atoms with E-state index >= 15 is 0 Å². The van der Waals surface area contributed by atoms with Crippen molar-refractivity contribution in [3.05, 3.63) is 47.9 Å². The molecule has 2 aliphatic heterocycles. The van der Waals surface area contributed by atoms with E-state index < -0.39 is 23.8 Å². The van der Waals surface area contributed by atoms with Crippen molar-refractivity contribution >= 4 is 24.1 Å². The quantitative estimate of drug-likeness (QED) is 0.631. The molecular formula is C18H15N3O6. The molecule has 1 fully saturated rings. The second kappa shape index (κ2) is 6.94. The molecule has 1 atom stereocenters. The van der Waals surface area contributed by atoms with Crippen molar-refractivity contribution < 1.29 is 28.3 Å². The smallest absolute Gasteiger partial charge is 0.331 e. The molecule has 138 valence electrons. The lowest BCUT2D eigenvalue weighted by atomic mass is 10.1. The Morgan fingerprint density at radius 3 is 2.85 bits per heavy atom. The lowest BCUT2D eigenvalue weighted by molar-refractivity contribution is -0.139. The van der Waals surface area contributed by atoms with Gasteiger partial charge in [0, 0.05) is 6.21 Å². The zero-order valence-electron chi connectivity index (χ0n) is 14.1. The zero-order chi connectivity index (χ0) is 18.8. The molecule has 2 aromatic rings. The number of fused-ring (bicyclic) bond motifs is 1. The summed E-state index contributed by atoms with van der Waals surface area (Å²) in [6.45, 7) is 0.371. The number of amides is 4. The topological polar surface area (TPSA) is 110 Å². The molecule has 1 N–H and O–H groups in total. The van der Waals surface area contributed by atoms with Gasteiger partial charge in [0.1, 0.15) is 5.76 Å². The Bertz CT molecular complexity index is 921. The number of carbonyl (C=O) groups excluding carboxylic acids is 3. The van der Waals surface area contributed by atoms with Gasteiger partial charge in [-0.05, 0) is 29.8 Å². The number of hydrogen-bond donors (Lipinski definition) is 1.